The van der Waals surface area contributed by atoms with Crippen molar-refractivity contribution in [1.82, 2.24) is 10.6 Å². The van der Waals surface area contributed by atoms with Gasteiger partial charge in [0.2, 0.25) is 6.04 Å². The molecule has 10 heteroatoms. The summed E-state index contributed by atoms with van der Waals surface area (Å²) in [6.45, 7) is -0.199. The lowest BCUT2D eigenvalue weighted by Crippen LogP contribution is -2.58. The monoisotopic (exact) mass is 462 g/mol. The molecule has 0 aromatic heterocycles. The lowest BCUT2D eigenvalue weighted by Gasteiger charge is -2.34. The highest BCUT2D eigenvalue weighted by molar-refractivity contribution is 5.87. The second kappa shape index (κ2) is 8.76. The molecule has 1 atom stereocenters. The number of carbonyl (C=O) groups is 3. The van der Waals surface area contributed by atoms with E-state index < -0.39 is 42.1 Å². The molecule has 2 aliphatic rings. The second-order valence-corrected chi connectivity index (χ2v) is 8.16. The maximum atomic E-state index is 13.4. The second-order valence-electron chi connectivity index (χ2n) is 8.16. The largest absolute Gasteiger partial charge is 0.481 e. The number of aliphatic carboxylic acids is 1. The van der Waals surface area contributed by atoms with Crippen LogP contribution in [0.3, 0.4) is 0 Å². The number of ether oxygens (including phenoxy) is 1. The molecule has 2 aromatic carbocycles. The number of halogens is 3. The minimum absolute atomic E-state index is 0.0383. The Morgan fingerprint density at radius 3 is 2.06 bits per heavy atom. The van der Waals surface area contributed by atoms with E-state index in [1.165, 1.54) is 0 Å². The van der Waals surface area contributed by atoms with Gasteiger partial charge in [-0.1, -0.05) is 48.5 Å². The Morgan fingerprint density at radius 1 is 1.00 bits per heavy atom. The van der Waals surface area contributed by atoms with Crippen LogP contribution in [0.15, 0.2) is 48.5 Å². The van der Waals surface area contributed by atoms with Crippen LogP contribution in [0.4, 0.5) is 18.0 Å². The van der Waals surface area contributed by atoms with Gasteiger partial charge in [-0.3, -0.25) is 9.59 Å². The maximum Gasteiger partial charge on any atom is 0.417 e. The lowest BCUT2D eigenvalue weighted by atomic mass is 9.80. The lowest BCUT2D eigenvalue weighted by molar-refractivity contribution is -0.169. The van der Waals surface area contributed by atoms with Gasteiger partial charge in [0, 0.05) is 12.0 Å². The molecule has 33 heavy (non-hydrogen) atoms. The number of fused-ring (bicyclic) bond motifs is 3. The molecule has 1 fully saturated rings. The minimum atomic E-state index is -5.05. The summed E-state index contributed by atoms with van der Waals surface area (Å²) < 4.78 is 45.4. The highest BCUT2D eigenvalue weighted by Gasteiger charge is 2.48. The van der Waals surface area contributed by atoms with Crippen molar-refractivity contribution in [3.05, 3.63) is 59.7 Å². The van der Waals surface area contributed by atoms with Gasteiger partial charge in [0.1, 0.15) is 6.61 Å². The van der Waals surface area contributed by atoms with Gasteiger partial charge < -0.3 is 20.5 Å². The smallest absolute Gasteiger partial charge is 0.417 e. The van der Waals surface area contributed by atoms with Crippen LogP contribution in [0, 0.1) is 5.92 Å². The molecule has 1 saturated carbocycles. The first kappa shape index (κ1) is 22.6. The third-order valence-corrected chi connectivity index (χ3v) is 6.03. The van der Waals surface area contributed by atoms with E-state index in [9.17, 15) is 27.6 Å². The third kappa shape index (κ3) is 4.64. The van der Waals surface area contributed by atoms with Crippen molar-refractivity contribution in [2.45, 2.75) is 37.0 Å². The van der Waals surface area contributed by atoms with E-state index in [0.29, 0.717) is 0 Å². The first-order valence-corrected chi connectivity index (χ1v) is 10.4. The maximum absolute atomic E-state index is 13.4. The third-order valence-electron chi connectivity index (χ3n) is 6.03. The Hall–Kier alpha value is -3.56. The van der Waals surface area contributed by atoms with E-state index in [2.05, 4.69) is 5.32 Å². The van der Waals surface area contributed by atoms with E-state index in [1.807, 2.05) is 48.5 Å². The van der Waals surface area contributed by atoms with Gasteiger partial charge in [-0.15, -0.1) is 0 Å². The molecule has 4 rings (SSSR count). The summed E-state index contributed by atoms with van der Waals surface area (Å²) in [4.78, 5) is 35.2. The number of alkyl carbamates (subject to hydrolysis) is 1. The minimum Gasteiger partial charge on any atom is -0.481 e. The number of hydrogen-bond donors (Lipinski definition) is 3. The van der Waals surface area contributed by atoms with Crippen molar-refractivity contribution in [2.75, 3.05) is 6.61 Å². The fraction of sp³-hybridized carbons (Fsp3) is 0.348. The molecule has 2 amide bonds. The van der Waals surface area contributed by atoms with Gasteiger partial charge in [-0.25, -0.2) is 4.79 Å². The van der Waals surface area contributed by atoms with Gasteiger partial charge in [0.05, 0.1) is 5.92 Å². The summed E-state index contributed by atoms with van der Waals surface area (Å²) in [5.41, 5.74) is 3.73. The molecule has 0 spiro atoms. The Labute approximate surface area is 186 Å². The summed E-state index contributed by atoms with van der Waals surface area (Å²) >= 11 is 0. The van der Waals surface area contributed by atoms with E-state index >= 15 is 0 Å². The number of rotatable bonds is 6. The number of benzene rings is 2. The zero-order valence-electron chi connectivity index (χ0n) is 17.3. The van der Waals surface area contributed by atoms with Crippen LogP contribution in [0.2, 0.25) is 0 Å². The van der Waals surface area contributed by atoms with Crippen molar-refractivity contribution < 1.29 is 37.4 Å². The quantitative estimate of drug-likeness (QED) is 0.610. The van der Waals surface area contributed by atoms with Crippen molar-refractivity contribution >= 4 is 18.0 Å². The molecule has 7 nitrogen and oxygen atoms in total. The van der Waals surface area contributed by atoms with Crippen LogP contribution in [0.1, 0.15) is 29.9 Å². The number of carboxylic acid groups (broad SMARTS) is 1. The molecule has 2 aliphatic carbocycles. The summed E-state index contributed by atoms with van der Waals surface area (Å²) in [6.07, 6.45) is -6.34. The van der Waals surface area contributed by atoms with E-state index in [1.54, 1.807) is 5.32 Å². The van der Waals surface area contributed by atoms with Gasteiger partial charge in [0.25, 0.3) is 5.91 Å². The number of hydrogen-bond acceptors (Lipinski definition) is 4. The Balaban J connectivity index is 1.39. The number of amides is 2. The van der Waals surface area contributed by atoms with Crippen molar-refractivity contribution in [1.29, 1.82) is 0 Å². The molecule has 2 aromatic rings. The number of carboxylic acids is 1. The number of alkyl halides is 3. The zero-order valence-corrected chi connectivity index (χ0v) is 17.3. The zero-order chi connectivity index (χ0) is 23.8. The van der Waals surface area contributed by atoms with Crippen LogP contribution in [-0.2, 0) is 14.3 Å². The average Bonchev–Trinajstić information content (AvgIpc) is 3.05. The number of nitrogens with one attached hydrogen (secondary N) is 2. The molecule has 0 aliphatic heterocycles. The van der Waals surface area contributed by atoms with E-state index in [-0.39, 0.29) is 25.4 Å². The van der Waals surface area contributed by atoms with Gasteiger partial charge in [0.15, 0.2) is 0 Å². The Morgan fingerprint density at radius 2 is 1.55 bits per heavy atom. The van der Waals surface area contributed by atoms with Crippen LogP contribution >= 0.6 is 0 Å². The van der Waals surface area contributed by atoms with Crippen molar-refractivity contribution in [2.24, 2.45) is 5.92 Å². The predicted molar refractivity (Wildman–Crippen MR) is 110 cm³/mol. The standard InChI is InChI=1S/C23H21F3N2O5/c24-23(25,26)19(20(29)27-13-9-12(10-13)21(30)31)28-22(32)33-11-18-16-7-3-1-5-14(16)15-6-2-4-8-17(15)18/h1-8,12-13,18-19H,9-11H2,(H,27,29)(H,28,32)(H,30,31). The molecular formula is C23H21F3N2O5. The molecule has 3 N–H and O–H groups in total. The highest BCUT2D eigenvalue weighted by Crippen LogP contribution is 2.44. The summed E-state index contributed by atoms with van der Waals surface area (Å²) in [5.74, 6) is -3.56. The van der Waals surface area contributed by atoms with Crippen molar-refractivity contribution in [3.63, 3.8) is 0 Å². The van der Waals surface area contributed by atoms with Crippen LogP contribution in [0.25, 0.3) is 11.1 Å². The normalized spacial score (nSPS) is 20.1. The summed E-state index contributed by atoms with van der Waals surface area (Å²) in [6, 6.07) is 11.5. The van der Waals surface area contributed by atoms with Gasteiger partial charge in [-0.2, -0.15) is 13.2 Å². The molecule has 0 radical (unpaired) electrons. The molecule has 174 valence electrons. The number of carbonyl (C=O) groups excluding carboxylic acids is 2. The van der Waals surface area contributed by atoms with Crippen LogP contribution in [-0.4, -0.2) is 47.9 Å². The first-order valence-electron chi connectivity index (χ1n) is 10.4. The average molecular weight is 462 g/mol. The SMILES string of the molecule is O=C(NC(C(=O)NC1CC(C(=O)O)C1)C(F)(F)F)OCC1c2ccccc2-c2ccccc21. The van der Waals surface area contributed by atoms with Crippen LogP contribution in [0.5, 0.6) is 0 Å². The Kier molecular flexibility index (Phi) is 6.01. The van der Waals surface area contributed by atoms with Crippen molar-refractivity contribution in [3.8, 4) is 11.1 Å². The van der Waals surface area contributed by atoms with E-state index in [0.717, 1.165) is 22.3 Å². The van der Waals surface area contributed by atoms with Gasteiger partial charge >= 0.3 is 18.2 Å². The predicted octanol–water partition coefficient (Wildman–Crippen LogP) is 3.44. The van der Waals surface area contributed by atoms with E-state index in [4.69, 9.17) is 9.84 Å². The van der Waals surface area contributed by atoms with Gasteiger partial charge in [-0.05, 0) is 35.1 Å². The molecule has 0 heterocycles. The molecule has 0 saturated heterocycles. The van der Waals surface area contributed by atoms with Crippen LogP contribution < -0.4 is 10.6 Å². The Bertz CT molecular complexity index is 1040. The first-order chi connectivity index (χ1) is 15.6. The fourth-order valence-corrected chi connectivity index (χ4v) is 4.28. The fourth-order valence-electron chi connectivity index (χ4n) is 4.28. The topological polar surface area (TPSA) is 105 Å². The highest BCUT2D eigenvalue weighted by atomic mass is 19.4. The molecular weight excluding hydrogens is 441 g/mol. The summed E-state index contributed by atoms with van der Waals surface area (Å²) in [5, 5.41) is 12.6. The summed E-state index contributed by atoms with van der Waals surface area (Å²) in [7, 11) is 0. The molecule has 0 bridgehead atoms. The molecule has 1 unspecified atom stereocenters.